The average Bonchev–Trinajstić information content (AvgIpc) is 2.28. The van der Waals surface area contributed by atoms with Crippen molar-refractivity contribution < 1.29 is 0 Å². The van der Waals surface area contributed by atoms with Crippen LogP contribution in [-0.2, 0) is 0 Å². The van der Waals surface area contributed by atoms with E-state index in [1.807, 2.05) is 6.07 Å². The number of halogens is 1. The monoisotopic (exact) mass is 242 g/mol. The molecule has 0 radical (unpaired) electrons. The summed E-state index contributed by atoms with van der Waals surface area (Å²) in [6, 6.07) is 2.42. The van der Waals surface area contributed by atoms with Gasteiger partial charge in [0.1, 0.15) is 5.82 Å². The van der Waals surface area contributed by atoms with Gasteiger partial charge in [-0.05, 0) is 38.1 Å². The highest BCUT2D eigenvalue weighted by Gasteiger charge is 2.05. The number of likely N-dealkylation sites (N-methyl/N-ethyl adjacent to an activating group) is 1. The molecule has 0 aromatic carbocycles. The fraction of sp³-hybridized carbons (Fsp3) is 0.636. The first kappa shape index (κ1) is 13.2. The van der Waals surface area contributed by atoms with Gasteiger partial charge in [0.2, 0.25) is 5.28 Å². The van der Waals surface area contributed by atoms with Gasteiger partial charge < -0.3 is 10.2 Å². The van der Waals surface area contributed by atoms with Gasteiger partial charge in [0.25, 0.3) is 0 Å². The Morgan fingerprint density at radius 2 is 2.31 bits per heavy atom. The zero-order valence-electron chi connectivity index (χ0n) is 10.1. The summed E-state index contributed by atoms with van der Waals surface area (Å²) in [7, 11) is 2.13. The lowest BCUT2D eigenvalue weighted by Gasteiger charge is -2.23. The second-order valence-corrected chi connectivity index (χ2v) is 4.21. The van der Waals surface area contributed by atoms with Gasteiger partial charge in [-0.25, -0.2) is 9.97 Å². The van der Waals surface area contributed by atoms with E-state index in [1.165, 1.54) is 0 Å². The van der Waals surface area contributed by atoms with Crippen LogP contribution in [0.25, 0.3) is 0 Å². The minimum atomic E-state index is 0.278. The van der Waals surface area contributed by atoms with Crippen LogP contribution < -0.4 is 5.32 Å². The van der Waals surface area contributed by atoms with Crippen molar-refractivity contribution in [3.63, 3.8) is 0 Å². The molecule has 1 rings (SSSR count). The zero-order chi connectivity index (χ0) is 12.0. The van der Waals surface area contributed by atoms with E-state index in [1.54, 1.807) is 6.20 Å². The smallest absolute Gasteiger partial charge is 0.224 e. The minimum absolute atomic E-state index is 0.278. The summed E-state index contributed by atoms with van der Waals surface area (Å²) in [5.74, 6) is 0.776. The van der Waals surface area contributed by atoms with Crippen LogP contribution in [0.5, 0.6) is 0 Å². The molecule has 1 N–H and O–H groups in total. The van der Waals surface area contributed by atoms with Gasteiger partial charge in [0.05, 0.1) is 0 Å². The van der Waals surface area contributed by atoms with Crippen LogP contribution in [-0.4, -0.2) is 41.0 Å². The molecule has 1 unspecified atom stereocenters. The zero-order valence-corrected chi connectivity index (χ0v) is 10.8. The summed E-state index contributed by atoms with van der Waals surface area (Å²) in [5, 5.41) is 3.50. The molecule has 1 heterocycles. The molecular formula is C11H19ClN4. The fourth-order valence-corrected chi connectivity index (χ4v) is 1.47. The highest BCUT2D eigenvalue weighted by atomic mass is 35.5. The van der Waals surface area contributed by atoms with E-state index < -0.39 is 0 Å². The molecule has 0 aliphatic carbocycles. The van der Waals surface area contributed by atoms with Gasteiger partial charge in [-0.2, -0.15) is 0 Å². The normalized spacial score (nSPS) is 12.8. The molecule has 0 saturated carbocycles. The number of hydrogen-bond donors (Lipinski definition) is 1. The Balaban J connectivity index is 2.30. The lowest BCUT2D eigenvalue weighted by Crippen LogP contribution is -2.32. The van der Waals surface area contributed by atoms with E-state index in [0.717, 1.165) is 25.3 Å². The van der Waals surface area contributed by atoms with E-state index in [2.05, 4.69) is 41.1 Å². The topological polar surface area (TPSA) is 41.0 Å². The maximum Gasteiger partial charge on any atom is 0.224 e. The molecular weight excluding hydrogens is 224 g/mol. The third-order valence-corrected chi connectivity index (χ3v) is 2.92. The summed E-state index contributed by atoms with van der Waals surface area (Å²) in [6.45, 7) is 6.26. The number of nitrogens with one attached hydrogen (secondary N) is 1. The first-order valence-electron chi connectivity index (χ1n) is 5.56. The van der Waals surface area contributed by atoms with Crippen molar-refractivity contribution in [1.82, 2.24) is 14.9 Å². The van der Waals surface area contributed by atoms with E-state index in [0.29, 0.717) is 6.04 Å². The van der Waals surface area contributed by atoms with Crippen LogP contribution in [0.4, 0.5) is 5.82 Å². The van der Waals surface area contributed by atoms with Gasteiger partial charge in [0, 0.05) is 25.3 Å². The van der Waals surface area contributed by atoms with E-state index in [9.17, 15) is 0 Å². The second kappa shape index (κ2) is 6.66. The third-order valence-electron chi connectivity index (χ3n) is 2.74. The largest absolute Gasteiger partial charge is 0.369 e. The van der Waals surface area contributed by atoms with Crippen LogP contribution >= 0.6 is 11.6 Å². The minimum Gasteiger partial charge on any atom is -0.369 e. The van der Waals surface area contributed by atoms with E-state index >= 15 is 0 Å². The van der Waals surface area contributed by atoms with Gasteiger partial charge in [-0.3, -0.25) is 0 Å². The van der Waals surface area contributed by atoms with Crippen molar-refractivity contribution in [3.05, 3.63) is 17.5 Å². The van der Waals surface area contributed by atoms with Crippen molar-refractivity contribution >= 4 is 17.4 Å². The standard InChI is InChI=1S/C11H19ClN4/c1-4-9(2)16(3)8-7-13-10-5-6-14-11(12)15-10/h5-6,9H,4,7-8H2,1-3H3,(H,13,14,15). The molecule has 0 spiro atoms. The van der Waals surface area contributed by atoms with Crippen LogP contribution in [0.15, 0.2) is 12.3 Å². The number of aromatic nitrogens is 2. The maximum atomic E-state index is 5.69. The van der Waals surface area contributed by atoms with Crippen molar-refractivity contribution in [2.45, 2.75) is 26.3 Å². The fourth-order valence-electron chi connectivity index (χ4n) is 1.33. The van der Waals surface area contributed by atoms with Gasteiger partial charge in [-0.15, -0.1) is 0 Å². The highest BCUT2D eigenvalue weighted by molar-refractivity contribution is 6.28. The molecule has 1 aromatic rings. The number of hydrogen-bond acceptors (Lipinski definition) is 4. The summed E-state index contributed by atoms with van der Waals surface area (Å²) >= 11 is 5.69. The molecule has 0 bridgehead atoms. The number of nitrogens with zero attached hydrogens (tertiary/aromatic N) is 3. The second-order valence-electron chi connectivity index (χ2n) is 3.88. The average molecular weight is 243 g/mol. The molecule has 0 aliphatic heterocycles. The molecule has 16 heavy (non-hydrogen) atoms. The molecule has 0 amide bonds. The number of anilines is 1. The summed E-state index contributed by atoms with van der Waals surface area (Å²) in [6.07, 6.45) is 2.81. The Labute approximate surface area is 102 Å². The van der Waals surface area contributed by atoms with Gasteiger partial charge in [-0.1, -0.05) is 6.92 Å². The lowest BCUT2D eigenvalue weighted by molar-refractivity contribution is 0.261. The lowest BCUT2D eigenvalue weighted by atomic mass is 10.2. The molecule has 90 valence electrons. The Morgan fingerprint density at radius 3 is 2.94 bits per heavy atom. The first-order valence-corrected chi connectivity index (χ1v) is 5.94. The molecule has 1 atom stereocenters. The Hall–Kier alpha value is -0.870. The quantitative estimate of drug-likeness (QED) is 0.777. The van der Waals surface area contributed by atoms with Crippen molar-refractivity contribution in [3.8, 4) is 0 Å². The van der Waals surface area contributed by atoms with Crippen LogP contribution in [0.2, 0.25) is 5.28 Å². The highest BCUT2D eigenvalue weighted by Crippen LogP contribution is 2.05. The Bertz CT molecular complexity index is 319. The predicted octanol–water partition coefficient (Wildman–Crippen LogP) is 2.27. The maximum absolute atomic E-state index is 5.69. The van der Waals surface area contributed by atoms with E-state index in [-0.39, 0.29) is 5.28 Å². The molecule has 0 saturated heterocycles. The summed E-state index contributed by atoms with van der Waals surface area (Å²) in [5.41, 5.74) is 0. The summed E-state index contributed by atoms with van der Waals surface area (Å²) < 4.78 is 0. The van der Waals surface area contributed by atoms with Crippen LogP contribution in [0, 0.1) is 0 Å². The molecule has 5 heteroatoms. The SMILES string of the molecule is CCC(C)N(C)CCNc1ccnc(Cl)n1. The molecule has 0 fully saturated rings. The molecule has 1 aromatic heterocycles. The van der Waals surface area contributed by atoms with Crippen molar-refractivity contribution in [1.29, 1.82) is 0 Å². The first-order chi connectivity index (χ1) is 7.63. The van der Waals surface area contributed by atoms with E-state index in [4.69, 9.17) is 11.6 Å². The Kier molecular flexibility index (Phi) is 5.49. The van der Waals surface area contributed by atoms with Gasteiger partial charge >= 0.3 is 0 Å². The van der Waals surface area contributed by atoms with Crippen molar-refractivity contribution in [2.75, 3.05) is 25.5 Å². The predicted molar refractivity (Wildman–Crippen MR) is 67.9 cm³/mol. The number of rotatable bonds is 6. The molecule has 4 nitrogen and oxygen atoms in total. The van der Waals surface area contributed by atoms with Crippen LogP contribution in [0.1, 0.15) is 20.3 Å². The Morgan fingerprint density at radius 1 is 1.56 bits per heavy atom. The third kappa shape index (κ3) is 4.33. The molecule has 0 aliphatic rings. The van der Waals surface area contributed by atoms with Gasteiger partial charge in [0.15, 0.2) is 0 Å². The van der Waals surface area contributed by atoms with Crippen molar-refractivity contribution in [2.24, 2.45) is 0 Å². The summed E-state index contributed by atoms with van der Waals surface area (Å²) in [4.78, 5) is 10.2. The van der Waals surface area contributed by atoms with Crippen LogP contribution in [0.3, 0.4) is 0 Å².